The van der Waals surface area contributed by atoms with Gasteiger partial charge in [-0.05, 0) is 57.9 Å². The van der Waals surface area contributed by atoms with Crippen molar-refractivity contribution in [1.82, 2.24) is 0 Å². The Hall–Kier alpha value is -3.06. The van der Waals surface area contributed by atoms with E-state index >= 15 is 0 Å². The van der Waals surface area contributed by atoms with E-state index < -0.39 is 0 Å². The zero-order valence-electron chi connectivity index (χ0n) is 16.4. The van der Waals surface area contributed by atoms with Gasteiger partial charge in [0.25, 0.3) is 0 Å². The molecule has 2 aliphatic carbocycles. The maximum absolute atomic E-state index is 3.60. The molecule has 1 N–H and O–H groups in total. The van der Waals surface area contributed by atoms with E-state index in [0.717, 1.165) is 11.4 Å². The Bertz CT molecular complexity index is 1060. The minimum atomic E-state index is 0.149. The Balaban J connectivity index is 1.42. The Kier molecular flexibility index (Phi) is 3.98. The fourth-order valence-electron chi connectivity index (χ4n) is 4.80. The molecule has 0 amide bonds. The van der Waals surface area contributed by atoms with Gasteiger partial charge in [0, 0.05) is 17.3 Å². The van der Waals surface area contributed by atoms with Gasteiger partial charge in [-0.25, -0.2) is 0 Å². The second kappa shape index (κ2) is 6.53. The molecular formula is C27H25N. The summed E-state index contributed by atoms with van der Waals surface area (Å²) in [5.74, 6) is 1.06. The van der Waals surface area contributed by atoms with Crippen LogP contribution in [-0.4, -0.2) is 0 Å². The molecule has 2 unspecified atom stereocenters. The molecule has 0 spiro atoms. The second-order valence-electron chi connectivity index (χ2n) is 8.41. The molecule has 1 nitrogen and oxygen atoms in total. The lowest BCUT2D eigenvalue weighted by molar-refractivity contribution is 0.394. The zero-order chi connectivity index (χ0) is 19.1. The van der Waals surface area contributed by atoms with Crippen molar-refractivity contribution in [1.29, 1.82) is 0 Å². The van der Waals surface area contributed by atoms with E-state index in [9.17, 15) is 0 Å². The lowest BCUT2D eigenvalue weighted by Gasteiger charge is -2.29. The summed E-state index contributed by atoms with van der Waals surface area (Å²) in [6.45, 7) is 4.75. The highest BCUT2D eigenvalue weighted by Gasteiger charge is 2.44. The summed E-state index contributed by atoms with van der Waals surface area (Å²) in [6.07, 6.45) is 9.11. The Morgan fingerprint density at radius 3 is 2.18 bits per heavy atom. The number of anilines is 2. The average molecular weight is 364 g/mol. The van der Waals surface area contributed by atoms with Crippen molar-refractivity contribution >= 4 is 11.4 Å². The molecule has 0 heterocycles. The smallest absolute Gasteiger partial charge is 0.0387 e. The molecule has 0 bridgehead atoms. The van der Waals surface area contributed by atoms with Gasteiger partial charge in [0.2, 0.25) is 0 Å². The standard InChI is InChI=1S/C27H25N/c1-27(2)25-11-7-6-10-23(25)24-17-16-22(18-26(24)27)28-21-14-12-20(13-15-21)19-8-4-3-5-9-19/h3-18,23,25,28H,1-2H3. The maximum atomic E-state index is 3.60. The van der Waals surface area contributed by atoms with Crippen LogP contribution in [0, 0.1) is 5.92 Å². The van der Waals surface area contributed by atoms with Crippen LogP contribution >= 0.6 is 0 Å². The van der Waals surface area contributed by atoms with Crippen molar-refractivity contribution in [3.8, 4) is 11.1 Å². The molecule has 28 heavy (non-hydrogen) atoms. The van der Waals surface area contributed by atoms with Gasteiger partial charge < -0.3 is 5.32 Å². The average Bonchev–Trinajstić information content (AvgIpc) is 2.97. The molecule has 0 aliphatic heterocycles. The van der Waals surface area contributed by atoms with Crippen molar-refractivity contribution in [3.63, 3.8) is 0 Å². The number of nitrogens with one attached hydrogen (secondary N) is 1. The lowest BCUT2D eigenvalue weighted by Crippen LogP contribution is -2.24. The van der Waals surface area contributed by atoms with E-state index in [4.69, 9.17) is 0 Å². The van der Waals surface area contributed by atoms with E-state index in [1.807, 2.05) is 0 Å². The Labute approximate surface area is 167 Å². The Morgan fingerprint density at radius 2 is 1.39 bits per heavy atom. The number of hydrogen-bond donors (Lipinski definition) is 1. The minimum absolute atomic E-state index is 0.149. The lowest BCUT2D eigenvalue weighted by atomic mass is 9.74. The van der Waals surface area contributed by atoms with Crippen LogP contribution in [0.25, 0.3) is 11.1 Å². The zero-order valence-corrected chi connectivity index (χ0v) is 16.4. The maximum Gasteiger partial charge on any atom is 0.0387 e. The number of allylic oxidation sites excluding steroid dienone is 4. The normalized spacial score (nSPS) is 21.2. The van der Waals surface area contributed by atoms with E-state index in [-0.39, 0.29) is 5.41 Å². The second-order valence-corrected chi connectivity index (χ2v) is 8.41. The molecular weight excluding hydrogens is 338 g/mol. The quantitative estimate of drug-likeness (QED) is 0.518. The summed E-state index contributed by atoms with van der Waals surface area (Å²) in [6, 6.07) is 26.1. The van der Waals surface area contributed by atoms with Gasteiger partial charge in [-0.15, -0.1) is 0 Å². The monoisotopic (exact) mass is 363 g/mol. The van der Waals surface area contributed by atoms with Crippen molar-refractivity contribution in [2.45, 2.75) is 25.2 Å². The fraction of sp³-hybridized carbons (Fsp3) is 0.185. The highest BCUT2D eigenvalue weighted by molar-refractivity contribution is 5.69. The first kappa shape index (κ1) is 17.1. The number of benzene rings is 3. The Morgan fingerprint density at radius 1 is 0.714 bits per heavy atom. The topological polar surface area (TPSA) is 12.0 Å². The van der Waals surface area contributed by atoms with Crippen LogP contribution in [0.4, 0.5) is 11.4 Å². The van der Waals surface area contributed by atoms with Crippen LogP contribution < -0.4 is 5.32 Å². The van der Waals surface area contributed by atoms with Crippen molar-refractivity contribution < 1.29 is 0 Å². The molecule has 2 aliphatic rings. The fourth-order valence-corrected chi connectivity index (χ4v) is 4.80. The molecule has 5 rings (SSSR count). The third kappa shape index (κ3) is 2.79. The number of rotatable bonds is 3. The van der Waals surface area contributed by atoms with Gasteiger partial charge in [0.15, 0.2) is 0 Å². The van der Waals surface area contributed by atoms with Crippen molar-refractivity contribution in [3.05, 3.63) is 108 Å². The van der Waals surface area contributed by atoms with E-state index in [0.29, 0.717) is 11.8 Å². The summed E-state index contributed by atoms with van der Waals surface area (Å²) in [5.41, 5.74) is 7.85. The molecule has 138 valence electrons. The van der Waals surface area contributed by atoms with Gasteiger partial charge >= 0.3 is 0 Å². The molecule has 0 fully saturated rings. The van der Waals surface area contributed by atoms with Crippen LogP contribution in [-0.2, 0) is 5.41 Å². The summed E-state index contributed by atoms with van der Waals surface area (Å²) in [4.78, 5) is 0. The van der Waals surface area contributed by atoms with E-state index in [2.05, 4.69) is 116 Å². The molecule has 0 radical (unpaired) electrons. The molecule has 0 saturated heterocycles. The SMILES string of the molecule is CC1(C)c2cc(Nc3ccc(-c4ccccc4)cc3)ccc2C2C=CC=CC21. The van der Waals surface area contributed by atoms with Gasteiger partial charge in [0.05, 0.1) is 0 Å². The number of hydrogen-bond acceptors (Lipinski definition) is 1. The summed E-state index contributed by atoms with van der Waals surface area (Å²) in [5, 5.41) is 3.60. The van der Waals surface area contributed by atoms with Crippen LogP contribution in [0.15, 0.2) is 97.1 Å². The van der Waals surface area contributed by atoms with E-state index in [1.54, 1.807) is 0 Å². The first-order chi connectivity index (χ1) is 13.6. The summed E-state index contributed by atoms with van der Waals surface area (Å²) < 4.78 is 0. The predicted molar refractivity (Wildman–Crippen MR) is 119 cm³/mol. The van der Waals surface area contributed by atoms with Crippen molar-refractivity contribution in [2.75, 3.05) is 5.32 Å². The highest BCUT2D eigenvalue weighted by atomic mass is 14.9. The molecule has 3 aromatic carbocycles. The molecule has 3 aromatic rings. The van der Waals surface area contributed by atoms with Crippen LogP contribution in [0.2, 0.25) is 0 Å². The van der Waals surface area contributed by atoms with Gasteiger partial charge in [-0.3, -0.25) is 0 Å². The largest absolute Gasteiger partial charge is 0.356 e. The van der Waals surface area contributed by atoms with Gasteiger partial charge in [-0.1, -0.05) is 86.7 Å². The highest BCUT2D eigenvalue weighted by Crippen LogP contribution is 2.53. The minimum Gasteiger partial charge on any atom is -0.356 e. The molecule has 2 atom stereocenters. The summed E-state index contributed by atoms with van der Waals surface area (Å²) in [7, 11) is 0. The third-order valence-corrected chi connectivity index (χ3v) is 6.36. The van der Waals surface area contributed by atoms with Crippen LogP contribution in [0.1, 0.15) is 30.9 Å². The van der Waals surface area contributed by atoms with Gasteiger partial charge in [0.1, 0.15) is 0 Å². The van der Waals surface area contributed by atoms with Crippen LogP contribution in [0.5, 0.6) is 0 Å². The van der Waals surface area contributed by atoms with Gasteiger partial charge in [-0.2, -0.15) is 0 Å². The molecule has 1 heteroatoms. The third-order valence-electron chi connectivity index (χ3n) is 6.36. The summed E-state index contributed by atoms with van der Waals surface area (Å²) >= 11 is 0. The first-order valence-electron chi connectivity index (χ1n) is 10.0. The number of fused-ring (bicyclic) bond motifs is 3. The van der Waals surface area contributed by atoms with Crippen molar-refractivity contribution in [2.24, 2.45) is 5.92 Å². The predicted octanol–water partition coefficient (Wildman–Crippen LogP) is 7.21. The first-order valence-corrected chi connectivity index (χ1v) is 10.0. The molecule has 0 aromatic heterocycles. The van der Waals surface area contributed by atoms with Crippen LogP contribution in [0.3, 0.4) is 0 Å². The molecule has 0 saturated carbocycles. The van der Waals surface area contributed by atoms with E-state index in [1.165, 1.54) is 22.3 Å².